The van der Waals surface area contributed by atoms with Crippen molar-refractivity contribution in [2.24, 2.45) is 0 Å². The zero-order chi connectivity index (χ0) is 16.4. The third-order valence-electron chi connectivity index (χ3n) is 3.64. The second kappa shape index (κ2) is 6.47. The number of rotatable bonds is 5. The Balaban J connectivity index is 1.71. The number of aromatic nitrogens is 1. The van der Waals surface area contributed by atoms with Gasteiger partial charge in [0.1, 0.15) is 0 Å². The van der Waals surface area contributed by atoms with Gasteiger partial charge in [-0.3, -0.25) is 4.18 Å². The molecule has 0 aliphatic rings. The van der Waals surface area contributed by atoms with Crippen LogP contribution in [0.15, 0.2) is 64.1 Å². The van der Waals surface area contributed by atoms with E-state index < -0.39 is 10.1 Å². The molecule has 3 rings (SSSR count). The van der Waals surface area contributed by atoms with Crippen LogP contribution in [0, 0.1) is 6.92 Å². The van der Waals surface area contributed by atoms with E-state index in [1.54, 1.807) is 24.3 Å². The van der Waals surface area contributed by atoms with Gasteiger partial charge in [0.2, 0.25) is 0 Å². The van der Waals surface area contributed by atoms with Gasteiger partial charge in [0.05, 0.1) is 11.5 Å². The molecule has 0 bridgehead atoms. The lowest BCUT2D eigenvalue weighted by molar-refractivity contribution is 0.302. The average molecular weight is 394 g/mol. The molecule has 0 saturated carbocycles. The van der Waals surface area contributed by atoms with Gasteiger partial charge in [-0.2, -0.15) is 8.42 Å². The molecule has 1 aromatic heterocycles. The maximum absolute atomic E-state index is 12.2. The van der Waals surface area contributed by atoms with E-state index in [9.17, 15) is 8.42 Å². The first kappa shape index (κ1) is 16.2. The van der Waals surface area contributed by atoms with Crippen molar-refractivity contribution in [3.05, 3.63) is 64.8 Å². The highest BCUT2D eigenvalue weighted by Crippen LogP contribution is 2.24. The number of hydrogen-bond donors (Lipinski definition) is 0. The molecule has 120 valence electrons. The van der Waals surface area contributed by atoms with Crippen LogP contribution >= 0.6 is 15.9 Å². The zero-order valence-corrected chi connectivity index (χ0v) is 15.0. The van der Waals surface area contributed by atoms with Gasteiger partial charge in [-0.25, -0.2) is 0 Å². The SMILES string of the molecule is Cc1ccc(S(=O)(=O)OCCn2ccc3c(Br)cccc32)cc1. The smallest absolute Gasteiger partial charge is 0.297 e. The van der Waals surface area contributed by atoms with Crippen LogP contribution < -0.4 is 0 Å². The largest absolute Gasteiger partial charge is 0.345 e. The van der Waals surface area contributed by atoms with Gasteiger partial charge in [-0.05, 0) is 37.3 Å². The molecule has 23 heavy (non-hydrogen) atoms. The fourth-order valence-corrected chi connectivity index (χ4v) is 3.79. The first-order valence-corrected chi connectivity index (χ1v) is 9.37. The van der Waals surface area contributed by atoms with Crippen molar-refractivity contribution >= 4 is 37.0 Å². The Kier molecular flexibility index (Phi) is 4.57. The lowest BCUT2D eigenvalue weighted by atomic mass is 10.2. The number of halogens is 1. The topological polar surface area (TPSA) is 48.3 Å². The van der Waals surface area contributed by atoms with Gasteiger partial charge in [0.15, 0.2) is 0 Å². The second-order valence-electron chi connectivity index (χ2n) is 5.27. The van der Waals surface area contributed by atoms with E-state index in [0.29, 0.717) is 6.54 Å². The van der Waals surface area contributed by atoms with Crippen LogP contribution in [0.1, 0.15) is 5.56 Å². The lowest BCUT2D eigenvalue weighted by Crippen LogP contribution is -2.11. The highest BCUT2D eigenvalue weighted by molar-refractivity contribution is 9.10. The summed E-state index contributed by atoms with van der Waals surface area (Å²) < 4.78 is 32.4. The first-order valence-electron chi connectivity index (χ1n) is 7.17. The molecule has 0 atom stereocenters. The Hall–Kier alpha value is -1.63. The highest BCUT2D eigenvalue weighted by atomic mass is 79.9. The standard InChI is InChI=1S/C17H16BrNO3S/c1-13-5-7-14(8-6-13)23(20,21)22-12-11-19-10-9-15-16(18)3-2-4-17(15)19/h2-10H,11-12H2,1H3. The fourth-order valence-electron chi connectivity index (χ4n) is 2.40. The summed E-state index contributed by atoms with van der Waals surface area (Å²) >= 11 is 3.51. The van der Waals surface area contributed by atoms with Crippen LogP contribution in [0.4, 0.5) is 0 Å². The molecule has 2 aromatic carbocycles. The Morgan fingerprint density at radius 1 is 1.09 bits per heavy atom. The number of hydrogen-bond acceptors (Lipinski definition) is 3. The summed E-state index contributed by atoms with van der Waals surface area (Å²) in [5.41, 5.74) is 2.05. The maximum Gasteiger partial charge on any atom is 0.297 e. The molecule has 0 saturated heterocycles. The normalized spacial score (nSPS) is 11.9. The van der Waals surface area contributed by atoms with E-state index in [1.807, 2.05) is 42.0 Å². The Bertz CT molecular complexity index is 930. The molecule has 0 spiro atoms. The van der Waals surface area contributed by atoms with E-state index in [2.05, 4.69) is 15.9 Å². The van der Waals surface area contributed by atoms with E-state index in [-0.39, 0.29) is 11.5 Å². The minimum atomic E-state index is -3.71. The first-order chi connectivity index (χ1) is 11.0. The summed E-state index contributed by atoms with van der Waals surface area (Å²) in [6.45, 7) is 2.46. The van der Waals surface area contributed by atoms with Gasteiger partial charge < -0.3 is 4.57 Å². The quantitative estimate of drug-likeness (QED) is 0.612. The number of nitrogens with zero attached hydrogens (tertiary/aromatic N) is 1. The summed E-state index contributed by atoms with van der Waals surface area (Å²) in [6, 6.07) is 14.6. The summed E-state index contributed by atoms with van der Waals surface area (Å²) in [5.74, 6) is 0. The molecule has 6 heteroatoms. The van der Waals surface area contributed by atoms with E-state index >= 15 is 0 Å². The van der Waals surface area contributed by atoms with Gasteiger partial charge in [-0.1, -0.05) is 39.7 Å². The van der Waals surface area contributed by atoms with E-state index in [0.717, 1.165) is 20.9 Å². The van der Waals surface area contributed by atoms with Crippen molar-refractivity contribution in [3.63, 3.8) is 0 Å². The van der Waals surface area contributed by atoms with E-state index in [4.69, 9.17) is 4.18 Å². The molecule has 0 N–H and O–H groups in total. The highest BCUT2D eigenvalue weighted by Gasteiger charge is 2.14. The van der Waals surface area contributed by atoms with Crippen molar-refractivity contribution in [3.8, 4) is 0 Å². The van der Waals surface area contributed by atoms with Crippen LogP contribution in [0.2, 0.25) is 0 Å². The Labute approximate surface area is 143 Å². The van der Waals surface area contributed by atoms with Crippen LogP contribution in [0.25, 0.3) is 10.9 Å². The van der Waals surface area contributed by atoms with Crippen molar-refractivity contribution in [2.45, 2.75) is 18.4 Å². The summed E-state index contributed by atoms with van der Waals surface area (Å²) in [4.78, 5) is 0.184. The van der Waals surface area contributed by atoms with E-state index in [1.165, 1.54) is 0 Å². The summed E-state index contributed by atoms with van der Waals surface area (Å²) in [5, 5.41) is 1.09. The van der Waals surface area contributed by atoms with Crippen molar-refractivity contribution in [1.82, 2.24) is 4.57 Å². The monoisotopic (exact) mass is 393 g/mol. The zero-order valence-electron chi connectivity index (χ0n) is 12.6. The van der Waals surface area contributed by atoms with Gasteiger partial charge >= 0.3 is 0 Å². The fraction of sp³-hybridized carbons (Fsp3) is 0.176. The molecule has 1 heterocycles. The molecule has 0 amide bonds. The third kappa shape index (κ3) is 3.49. The number of fused-ring (bicyclic) bond motifs is 1. The maximum atomic E-state index is 12.2. The van der Waals surface area contributed by atoms with Crippen LogP contribution in [0.5, 0.6) is 0 Å². The Morgan fingerprint density at radius 3 is 2.57 bits per heavy atom. The number of aryl methyl sites for hydroxylation is 1. The molecule has 0 aliphatic carbocycles. The minimum absolute atomic E-state index is 0.0898. The Morgan fingerprint density at radius 2 is 1.83 bits per heavy atom. The summed E-state index contributed by atoms with van der Waals surface area (Å²) in [6.07, 6.45) is 1.93. The number of benzene rings is 2. The molecule has 0 aliphatic heterocycles. The van der Waals surface area contributed by atoms with Crippen LogP contribution in [-0.4, -0.2) is 19.6 Å². The second-order valence-corrected chi connectivity index (χ2v) is 7.74. The van der Waals surface area contributed by atoms with Crippen molar-refractivity contribution in [1.29, 1.82) is 0 Å². The predicted octanol–water partition coefficient (Wildman–Crippen LogP) is 4.12. The predicted molar refractivity (Wildman–Crippen MR) is 94.0 cm³/mol. The molecule has 4 nitrogen and oxygen atoms in total. The minimum Gasteiger partial charge on any atom is -0.345 e. The average Bonchev–Trinajstić information content (AvgIpc) is 2.92. The van der Waals surface area contributed by atoms with Crippen molar-refractivity contribution < 1.29 is 12.6 Å². The van der Waals surface area contributed by atoms with Crippen LogP contribution in [0.3, 0.4) is 0 Å². The molecule has 0 unspecified atom stereocenters. The third-order valence-corrected chi connectivity index (χ3v) is 5.66. The van der Waals surface area contributed by atoms with Crippen molar-refractivity contribution in [2.75, 3.05) is 6.61 Å². The van der Waals surface area contributed by atoms with Crippen LogP contribution in [-0.2, 0) is 20.8 Å². The molecule has 0 radical (unpaired) electrons. The van der Waals surface area contributed by atoms with Gasteiger partial charge in [0, 0.05) is 28.1 Å². The molecule has 0 fully saturated rings. The molecular formula is C17H16BrNO3S. The summed E-state index contributed by atoms with van der Waals surface area (Å²) in [7, 11) is -3.71. The lowest BCUT2D eigenvalue weighted by Gasteiger charge is -2.08. The van der Waals surface area contributed by atoms with Gasteiger partial charge in [-0.15, -0.1) is 0 Å². The molecule has 3 aromatic rings. The molecular weight excluding hydrogens is 378 g/mol. The van der Waals surface area contributed by atoms with Gasteiger partial charge in [0.25, 0.3) is 10.1 Å².